The van der Waals surface area contributed by atoms with Crippen molar-refractivity contribution >= 4 is 11.6 Å². The first-order valence-corrected chi connectivity index (χ1v) is 7.20. The molecule has 0 aromatic heterocycles. The first-order chi connectivity index (χ1) is 8.34. The van der Waals surface area contributed by atoms with Gasteiger partial charge in [-0.2, -0.15) is 0 Å². The molecule has 1 aromatic rings. The maximum absolute atomic E-state index is 5.96. The normalized spacial score (nSPS) is 17.2. The van der Waals surface area contributed by atoms with Crippen LogP contribution in [0.3, 0.4) is 0 Å². The first kappa shape index (κ1) is 12.9. The number of rotatable bonds is 5. The highest BCUT2D eigenvalue weighted by molar-refractivity contribution is 6.30. The number of aryl methyl sites for hydroxylation is 1. The molecule has 1 N–H and O–H groups in total. The minimum Gasteiger partial charge on any atom is -0.314 e. The third-order valence-corrected chi connectivity index (χ3v) is 3.80. The van der Waals surface area contributed by atoms with Crippen molar-refractivity contribution in [3.05, 3.63) is 34.9 Å². The van der Waals surface area contributed by atoms with Crippen LogP contribution in [-0.4, -0.2) is 12.6 Å². The van der Waals surface area contributed by atoms with Gasteiger partial charge in [-0.3, -0.25) is 0 Å². The maximum Gasteiger partial charge on any atom is 0.0408 e. The summed E-state index contributed by atoms with van der Waals surface area (Å²) in [7, 11) is 0. The minimum absolute atomic E-state index is 0.781. The summed E-state index contributed by atoms with van der Waals surface area (Å²) in [6, 6.07) is 8.98. The van der Waals surface area contributed by atoms with E-state index in [-0.39, 0.29) is 0 Å². The Morgan fingerprint density at radius 1 is 1.18 bits per heavy atom. The average Bonchev–Trinajstić information content (AvgIpc) is 2.36. The summed E-state index contributed by atoms with van der Waals surface area (Å²) in [4.78, 5) is 0. The molecule has 0 radical (unpaired) electrons. The van der Waals surface area contributed by atoms with E-state index in [0.29, 0.717) is 0 Å². The molecule has 0 spiro atoms. The van der Waals surface area contributed by atoms with Gasteiger partial charge in [0.15, 0.2) is 0 Å². The molecule has 94 valence electrons. The Kier molecular flexibility index (Phi) is 5.34. The van der Waals surface area contributed by atoms with Crippen LogP contribution in [0.25, 0.3) is 0 Å². The minimum atomic E-state index is 0.781. The number of halogens is 1. The summed E-state index contributed by atoms with van der Waals surface area (Å²) in [6.45, 7) is 1.14. The van der Waals surface area contributed by atoms with Gasteiger partial charge >= 0.3 is 0 Å². The van der Waals surface area contributed by atoms with E-state index in [2.05, 4.69) is 17.4 Å². The van der Waals surface area contributed by atoms with Gasteiger partial charge in [-0.1, -0.05) is 43.0 Å². The van der Waals surface area contributed by atoms with E-state index < -0.39 is 0 Å². The largest absolute Gasteiger partial charge is 0.314 e. The van der Waals surface area contributed by atoms with Gasteiger partial charge in [-0.25, -0.2) is 0 Å². The van der Waals surface area contributed by atoms with E-state index in [4.69, 9.17) is 11.6 Å². The van der Waals surface area contributed by atoms with Crippen molar-refractivity contribution < 1.29 is 0 Å². The van der Waals surface area contributed by atoms with Crippen LogP contribution < -0.4 is 5.32 Å². The second-order valence-electron chi connectivity index (χ2n) is 5.02. The van der Waals surface area contributed by atoms with Crippen LogP contribution >= 0.6 is 11.6 Å². The monoisotopic (exact) mass is 251 g/mol. The highest BCUT2D eigenvalue weighted by Gasteiger charge is 2.11. The Labute approximate surface area is 110 Å². The van der Waals surface area contributed by atoms with Gasteiger partial charge in [0.2, 0.25) is 0 Å². The van der Waals surface area contributed by atoms with Gasteiger partial charge in [0.25, 0.3) is 0 Å². The SMILES string of the molecule is Clc1cccc(CCCNC2CCCCC2)c1. The van der Waals surface area contributed by atoms with E-state index in [9.17, 15) is 0 Å². The third-order valence-electron chi connectivity index (χ3n) is 3.57. The van der Waals surface area contributed by atoms with Gasteiger partial charge in [-0.05, 0) is 49.9 Å². The third kappa shape index (κ3) is 4.69. The molecule has 0 amide bonds. The zero-order chi connectivity index (χ0) is 11.9. The number of hydrogen-bond acceptors (Lipinski definition) is 1. The number of benzene rings is 1. The van der Waals surface area contributed by atoms with E-state index in [0.717, 1.165) is 24.0 Å². The smallest absolute Gasteiger partial charge is 0.0408 e. The number of hydrogen-bond donors (Lipinski definition) is 1. The predicted octanol–water partition coefficient (Wildman–Crippen LogP) is 4.19. The molecule has 0 unspecified atom stereocenters. The van der Waals surface area contributed by atoms with E-state index in [1.165, 1.54) is 44.1 Å². The van der Waals surface area contributed by atoms with Gasteiger partial charge in [0.1, 0.15) is 0 Å². The Morgan fingerprint density at radius 3 is 2.76 bits per heavy atom. The second kappa shape index (κ2) is 7.03. The summed E-state index contributed by atoms with van der Waals surface area (Å²) in [5.74, 6) is 0. The molecule has 0 bridgehead atoms. The first-order valence-electron chi connectivity index (χ1n) is 6.82. The van der Waals surface area contributed by atoms with Gasteiger partial charge in [0.05, 0.1) is 0 Å². The lowest BCUT2D eigenvalue weighted by Crippen LogP contribution is -2.31. The summed E-state index contributed by atoms with van der Waals surface area (Å²) < 4.78 is 0. The Bertz CT molecular complexity index is 331. The fourth-order valence-corrected chi connectivity index (χ4v) is 2.81. The molecular formula is C15H22ClN. The molecule has 1 aliphatic carbocycles. The van der Waals surface area contributed by atoms with Crippen molar-refractivity contribution in [2.75, 3.05) is 6.54 Å². The molecule has 1 aromatic carbocycles. The zero-order valence-corrected chi connectivity index (χ0v) is 11.2. The molecule has 2 rings (SSSR count). The predicted molar refractivity (Wildman–Crippen MR) is 74.6 cm³/mol. The molecule has 1 saturated carbocycles. The molecule has 17 heavy (non-hydrogen) atoms. The molecule has 0 saturated heterocycles. The summed E-state index contributed by atoms with van der Waals surface area (Å²) in [5.41, 5.74) is 1.35. The number of nitrogens with one attached hydrogen (secondary N) is 1. The topological polar surface area (TPSA) is 12.0 Å². The maximum atomic E-state index is 5.96. The van der Waals surface area contributed by atoms with Crippen LogP contribution in [0.1, 0.15) is 44.1 Å². The molecule has 0 aliphatic heterocycles. The summed E-state index contributed by atoms with van der Waals surface area (Å²) >= 11 is 5.96. The lowest BCUT2D eigenvalue weighted by atomic mass is 9.95. The standard InChI is InChI=1S/C15H22ClN/c16-14-8-4-6-13(12-14)7-5-11-17-15-9-2-1-3-10-15/h4,6,8,12,15,17H,1-3,5,7,9-11H2. The van der Waals surface area contributed by atoms with Crippen molar-refractivity contribution in [3.8, 4) is 0 Å². The van der Waals surface area contributed by atoms with Crippen LogP contribution in [0.4, 0.5) is 0 Å². The van der Waals surface area contributed by atoms with Gasteiger partial charge in [-0.15, -0.1) is 0 Å². The zero-order valence-electron chi connectivity index (χ0n) is 10.4. The van der Waals surface area contributed by atoms with Crippen LogP contribution in [0.15, 0.2) is 24.3 Å². The van der Waals surface area contributed by atoms with Gasteiger partial charge < -0.3 is 5.32 Å². The highest BCUT2D eigenvalue weighted by atomic mass is 35.5. The van der Waals surface area contributed by atoms with Crippen molar-refractivity contribution in [2.45, 2.75) is 51.0 Å². The lowest BCUT2D eigenvalue weighted by Gasteiger charge is -2.22. The summed E-state index contributed by atoms with van der Waals surface area (Å²) in [5, 5.41) is 4.52. The molecule has 2 heteroatoms. The fourth-order valence-electron chi connectivity index (χ4n) is 2.60. The van der Waals surface area contributed by atoms with Crippen LogP contribution in [0.2, 0.25) is 5.02 Å². The quantitative estimate of drug-likeness (QED) is 0.774. The van der Waals surface area contributed by atoms with Crippen LogP contribution in [0, 0.1) is 0 Å². The van der Waals surface area contributed by atoms with E-state index in [1.54, 1.807) is 0 Å². The Hall–Kier alpha value is -0.530. The molecule has 1 fully saturated rings. The fraction of sp³-hybridized carbons (Fsp3) is 0.600. The Morgan fingerprint density at radius 2 is 2.00 bits per heavy atom. The molecule has 0 heterocycles. The molecular weight excluding hydrogens is 230 g/mol. The van der Waals surface area contributed by atoms with Crippen LogP contribution in [0.5, 0.6) is 0 Å². The van der Waals surface area contributed by atoms with Crippen molar-refractivity contribution in [2.24, 2.45) is 0 Å². The molecule has 1 aliphatic rings. The second-order valence-corrected chi connectivity index (χ2v) is 5.46. The van der Waals surface area contributed by atoms with Gasteiger partial charge in [0, 0.05) is 11.1 Å². The van der Waals surface area contributed by atoms with Crippen molar-refractivity contribution in [1.82, 2.24) is 5.32 Å². The average molecular weight is 252 g/mol. The molecule has 0 atom stereocenters. The highest BCUT2D eigenvalue weighted by Crippen LogP contribution is 2.17. The van der Waals surface area contributed by atoms with Crippen molar-refractivity contribution in [1.29, 1.82) is 0 Å². The Balaban J connectivity index is 1.62. The van der Waals surface area contributed by atoms with E-state index >= 15 is 0 Å². The lowest BCUT2D eigenvalue weighted by molar-refractivity contribution is 0.372. The molecule has 1 nitrogen and oxygen atoms in total. The van der Waals surface area contributed by atoms with Crippen LogP contribution in [-0.2, 0) is 6.42 Å². The summed E-state index contributed by atoms with van der Waals surface area (Å²) in [6.07, 6.45) is 9.32. The van der Waals surface area contributed by atoms with E-state index in [1.807, 2.05) is 12.1 Å². The van der Waals surface area contributed by atoms with Crippen molar-refractivity contribution in [3.63, 3.8) is 0 Å².